The molecule has 2 N–H and O–H groups in total. The minimum atomic E-state index is -3.41. The number of benzene rings is 2. The van der Waals surface area contributed by atoms with Gasteiger partial charge in [-0.05, 0) is 42.8 Å². The third kappa shape index (κ3) is 5.78. The molecule has 0 atom stereocenters. The number of hydrogen-bond acceptors (Lipinski definition) is 5. The summed E-state index contributed by atoms with van der Waals surface area (Å²) in [5.41, 5.74) is 2.19. The minimum absolute atomic E-state index is 0.320. The van der Waals surface area contributed by atoms with E-state index in [9.17, 15) is 18.0 Å². The summed E-state index contributed by atoms with van der Waals surface area (Å²) in [4.78, 5) is 25.0. The van der Waals surface area contributed by atoms with Gasteiger partial charge in [-0.1, -0.05) is 12.1 Å². The molecular formula is C20H25N3O5S. The lowest BCUT2D eigenvalue weighted by atomic mass is 10.1. The van der Waals surface area contributed by atoms with Gasteiger partial charge >= 0.3 is 0 Å². The van der Waals surface area contributed by atoms with Crippen LogP contribution in [0.4, 0.5) is 11.4 Å². The van der Waals surface area contributed by atoms with Crippen molar-refractivity contribution in [2.45, 2.75) is 6.92 Å². The fraction of sp³-hybridized carbons (Fsp3) is 0.300. The topological polar surface area (TPSA) is 105 Å². The van der Waals surface area contributed by atoms with Crippen LogP contribution in [0, 0.1) is 6.92 Å². The highest BCUT2D eigenvalue weighted by Gasteiger charge is 2.17. The molecule has 0 aromatic heterocycles. The third-order valence-electron chi connectivity index (χ3n) is 4.31. The van der Waals surface area contributed by atoms with E-state index in [1.807, 2.05) is 0 Å². The number of ether oxygens (including phenoxy) is 1. The first-order chi connectivity index (χ1) is 13.6. The summed E-state index contributed by atoms with van der Waals surface area (Å²) in [5, 5.41) is 5.46. The SMILES string of the molecule is COCCNC(=O)c1ccccc1NC(=O)c1ccc(N(C)S(C)(=O)=O)c(C)c1. The number of aryl methyl sites for hydroxylation is 1. The molecule has 0 spiro atoms. The van der Waals surface area contributed by atoms with Gasteiger partial charge in [-0.3, -0.25) is 13.9 Å². The van der Waals surface area contributed by atoms with Gasteiger partial charge in [-0.2, -0.15) is 0 Å². The monoisotopic (exact) mass is 419 g/mol. The summed E-state index contributed by atoms with van der Waals surface area (Å²) in [5.74, 6) is -0.724. The molecule has 9 heteroatoms. The van der Waals surface area contributed by atoms with E-state index in [1.165, 1.54) is 7.05 Å². The zero-order chi connectivity index (χ0) is 21.6. The molecule has 2 aromatic carbocycles. The lowest BCUT2D eigenvalue weighted by Gasteiger charge is -2.19. The molecule has 2 amide bonds. The Morgan fingerprint density at radius 3 is 2.41 bits per heavy atom. The summed E-state index contributed by atoms with van der Waals surface area (Å²) in [6.07, 6.45) is 1.11. The van der Waals surface area contributed by atoms with Crippen molar-refractivity contribution < 1.29 is 22.7 Å². The fourth-order valence-corrected chi connectivity index (χ4v) is 3.24. The number of carbonyl (C=O) groups is 2. The van der Waals surface area contributed by atoms with E-state index >= 15 is 0 Å². The summed E-state index contributed by atoms with van der Waals surface area (Å²) in [6, 6.07) is 11.4. The summed E-state index contributed by atoms with van der Waals surface area (Å²) in [6.45, 7) is 2.46. The van der Waals surface area contributed by atoms with Crippen molar-refractivity contribution in [3.05, 3.63) is 59.2 Å². The molecule has 0 bridgehead atoms. The number of nitrogens with one attached hydrogen (secondary N) is 2. The van der Waals surface area contributed by atoms with Crippen LogP contribution in [-0.4, -0.2) is 53.8 Å². The lowest BCUT2D eigenvalue weighted by Crippen LogP contribution is -2.28. The van der Waals surface area contributed by atoms with Crippen molar-refractivity contribution in [2.75, 3.05) is 43.2 Å². The molecule has 29 heavy (non-hydrogen) atoms. The Bertz CT molecular complexity index is 1000. The summed E-state index contributed by atoms with van der Waals surface area (Å²) < 4.78 is 29.6. The Kier molecular flexibility index (Phi) is 7.35. The molecule has 0 radical (unpaired) electrons. The second kappa shape index (κ2) is 9.53. The highest BCUT2D eigenvalue weighted by Crippen LogP contribution is 2.23. The Morgan fingerprint density at radius 1 is 1.10 bits per heavy atom. The van der Waals surface area contributed by atoms with Crippen LogP contribution in [-0.2, 0) is 14.8 Å². The van der Waals surface area contributed by atoms with Crippen LogP contribution < -0.4 is 14.9 Å². The van der Waals surface area contributed by atoms with Crippen molar-refractivity contribution in [2.24, 2.45) is 0 Å². The Morgan fingerprint density at radius 2 is 1.79 bits per heavy atom. The fourth-order valence-electron chi connectivity index (χ4n) is 2.68. The average molecular weight is 420 g/mol. The van der Waals surface area contributed by atoms with E-state index in [-0.39, 0.29) is 5.91 Å². The first-order valence-electron chi connectivity index (χ1n) is 8.87. The molecule has 0 heterocycles. The molecule has 0 saturated heterocycles. The molecule has 0 fully saturated rings. The maximum Gasteiger partial charge on any atom is 0.255 e. The van der Waals surface area contributed by atoms with Crippen LogP contribution >= 0.6 is 0 Å². The van der Waals surface area contributed by atoms with Gasteiger partial charge in [0.2, 0.25) is 10.0 Å². The quantitative estimate of drug-likeness (QED) is 0.637. The van der Waals surface area contributed by atoms with Crippen molar-refractivity contribution in [3.8, 4) is 0 Å². The summed E-state index contributed by atoms with van der Waals surface area (Å²) in [7, 11) is -0.408. The minimum Gasteiger partial charge on any atom is -0.383 e. The van der Waals surface area contributed by atoms with Gasteiger partial charge < -0.3 is 15.4 Å². The standard InChI is InChI=1S/C20H25N3O5S/c1-14-13-15(9-10-18(14)23(2)29(4,26)27)19(24)22-17-8-6-5-7-16(17)20(25)21-11-12-28-3/h5-10,13H,11-12H2,1-4H3,(H,21,25)(H,22,24). The number of rotatable bonds is 8. The van der Waals surface area contributed by atoms with Crippen LogP contribution in [0.2, 0.25) is 0 Å². The van der Waals surface area contributed by atoms with Gasteiger partial charge in [0, 0.05) is 26.3 Å². The zero-order valence-electron chi connectivity index (χ0n) is 16.9. The first-order valence-corrected chi connectivity index (χ1v) is 10.7. The number of methoxy groups -OCH3 is 1. The molecule has 2 rings (SSSR count). The Labute approximate surface area is 170 Å². The molecule has 0 aliphatic heterocycles. The van der Waals surface area contributed by atoms with E-state index in [2.05, 4.69) is 10.6 Å². The highest BCUT2D eigenvalue weighted by molar-refractivity contribution is 7.92. The molecule has 0 aliphatic rings. The maximum atomic E-state index is 12.7. The molecule has 156 valence electrons. The average Bonchev–Trinajstić information content (AvgIpc) is 2.67. The number of nitrogens with zero attached hydrogens (tertiary/aromatic N) is 1. The van der Waals surface area contributed by atoms with E-state index in [0.717, 1.165) is 10.6 Å². The second-order valence-corrected chi connectivity index (χ2v) is 8.49. The van der Waals surface area contributed by atoms with Crippen LogP contribution in [0.25, 0.3) is 0 Å². The molecule has 0 unspecified atom stereocenters. The predicted molar refractivity (Wildman–Crippen MR) is 113 cm³/mol. The number of para-hydroxylation sites is 1. The van der Waals surface area contributed by atoms with Crippen molar-refractivity contribution in [3.63, 3.8) is 0 Å². The Hall–Kier alpha value is -2.91. The van der Waals surface area contributed by atoms with Crippen molar-refractivity contribution in [1.29, 1.82) is 0 Å². The van der Waals surface area contributed by atoms with Gasteiger partial charge in [0.1, 0.15) is 0 Å². The number of carbonyl (C=O) groups excluding carboxylic acids is 2. The van der Waals surface area contributed by atoms with Gasteiger partial charge in [-0.15, -0.1) is 0 Å². The highest BCUT2D eigenvalue weighted by atomic mass is 32.2. The van der Waals surface area contributed by atoms with Gasteiger partial charge in [0.25, 0.3) is 11.8 Å². The van der Waals surface area contributed by atoms with Crippen LogP contribution in [0.1, 0.15) is 26.3 Å². The van der Waals surface area contributed by atoms with Crippen molar-refractivity contribution in [1.82, 2.24) is 5.32 Å². The van der Waals surface area contributed by atoms with E-state index in [4.69, 9.17) is 4.74 Å². The molecule has 8 nitrogen and oxygen atoms in total. The summed E-state index contributed by atoms with van der Waals surface area (Å²) >= 11 is 0. The molecule has 0 aliphatic carbocycles. The molecular weight excluding hydrogens is 394 g/mol. The van der Waals surface area contributed by atoms with Crippen LogP contribution in [0.3, 0.4) is 0 Å². The lowest BCUT2D eigenvalue weighted by molar-refractivity contribution is 0.0938. The normalized spacial score (nSPS) is 11.0. The Balaban J connectivity index is 2.21. The number of amides is 2. The van der Waals surface area contributed by atoms with Gasteiger partial charge in [0.05, 0.1) is 29.8 Å². The van der Waals surface area contributed by atoms with Gasteiger partial charge in [0.15, 0.2) is 0 Å². The van der Waals surface area contributed by atoms with Crippen LogP contribution in [0.5, 0.6) is 0 Å². The number of anilines is 2. The van der Waals surface area contributed by atoms with Crippen LogP contribution in [0.15, 0.2) is 42.5 Å². The van der Waals surface area contributed by atoms with E-state index < -0.39 is 15.9 Å². The second-order valence-electron chi connectivity index (χ2n) is 6.48. The van der Waals surface area contributed by atoms with E-state index in [1.54, 1.807) is 56.5 Å². The van der Waals surface area contributed by atoms with E-state index in [0.29, 0.717) is 41.2 Å². The number of hydrogen-bond donors (Lipinski definition) is 2. The van der Waals surface area contributed by atoms with Crippen molar-refractivity contribution >= 4 is 33.2 Å². The zero-order valence-corrected chi connectivity index (χ0v) is 17.7. The third-order valence-corrected chi connectivity index (χ3v) is 5.50. The number of sulfonamides is 1. The first kappa shape index (κ1) is 22.4. The molecule has 0 saturated carbocycles. The predicted octanol–water partition coefficient (Wildman–Crippen LogP) is 2.02. The molecule has 2 aromatic rings. The largest absolute Gasteiger partial charge is 0.383 e. The van der Waals surface area contributed by atoms with Gasteiger partial charge in [-0.25, -0.2) is 8.42 Å². The smallest absolute Gasteiger partial charge is 0.255 e. The maximum absolute atomic E-state index is 12.7.